The molecule has 0 amide bonds. The number of carboxylic acid groups (broad SMARTS) is 3. The van der Waals surface area contributed by atoms with Gasteiger partial charge in [-0.25, -0.2) is 4.79 Å². The molecule has 0 spiro atoms. The topological polar surface area (TPSA) is 135 Å². The average Bonchev–Trinajstić information content (AvgIpc) is 2.18. The first-order chi connectivity index (χ1) is 11.1. The molecule has 0 bridgehead atoms. The molecule has 0 aromatic heterocycles. The fraction of sp³-hybridized carbons (Fsp3) is 0.833. The van der Waals surface area contributed by atoms with Crippen molar-refractivity contribution >= 4 is 17.9 Å². The fourth-order valence-electron chi connectivity index (χ4n) is 3.73. The molecular weight excluding hydrogens is 342 g/mol. The predicted octanol–water partition coefficient (Wildman–Crippen LogP) is 2.44. The summed E-state index contributed by atoms with van der Waals surface area (Å²) < 4.78 is 0. The summed E-state index contributed by atoms with van der Waals surface area (Å²) in [4.78, 5) is 33.0. The second-order valence-corrected chi connectivity index (χ2v) is 9.33. The summed E-state index contributed by atoms with van der Waals surface area (Å²) in [6, 6.07) is 0. The van der Waals surface area contributed by atoms with Crippen molar-refractivity contribution in [1.82, 2.24) is 4.90 Å². The van der Waals surface area contributed by atoms with Crippen molar-refractivity contribution in [3.63, 3.8) is 0 Å². The normalized spacial score (nSPS) is 13.0. The van der Waals surface area contributed by atoms with E-state index < -0.39 is 36.4 Å². The molecule has 0 atom stereocenters. The highest BCUT2D eigenvalue weighted by Gasteiger charge is 2.41. The van der Waals surface area contributed by atoms with Crippen molar-refractivity contribution in [2.24, 2.45) is 0 Å². The first-order valence-electron chi connectivity index (χ1n) is 8.34. The Hall–Kier alpha value is -1.67. The maximum absolute atomic E-state index is 10.3. The van der Waals surface area contributed by atoms with Crippen molar-refractivity contribution in [1.29, 1.82) is 0 Å². The molecule has 0 aliphatic rings. The van der Waals surface area contributed by atoms with Crippen molar-refractivity contribution < 1.29 is 34.8 Å². The van der Waals surface area contributed by atoms with E-state index in [1.807, 2.05) is 0 Å². The van der Waals surface area contributed by atoms with Crippen LogP contribution in [0.3, 0.4) is 0 Å². The largest absolute Gasteiger partial charge is 0.481 e. The van der Waals surface area contributed by atoms with Gasteiger partial charge in [0.15, 0.2) is 5.60 Å². The third-order valence-electron chi connectivity index (χ3n) is 3.30. The monoisotopic (exact) mass is 377 g/mol. The molecular formula is C18H35NO7. The maximum Gasteiger partial charge on any atom is 0.336 e. The lowest BCUT2D eigenvalue weighted by Gasteiger charge is -2.53. The summed E-state index contributed by atoms with van der Waals surface area (Å²) in [7, 11) is 0. The third-order valence-corrected chi connectivity index (χ3v) is 3.30. The van der Waals surface area contributed by atoms with Crippen molar-refractivity contribution in [3.05, 3.63) is 0 Å². The SMILES string of the molecule is CC(C)(C)N(C(C)(C)C)C(C)(C)C.O=C(O)CC(O)(CC(=O)O)C(=O)O. The number of hydrogen-bond acceptors (Lipinski definition) is 5. The molecule has 0 unspecified atom stereocenters. The van der Waals surface area contributed by atoms with Gasteiger partial charge in [0.1, 0.15) is 0 Å². The lowest BCUT2D eigenvalue weighted by Crippen LogP contribution is -2.60. The lowest BCUT2D eigenvalue weighted by atomic mass is 9.88. The van der Waals surface area contributed by atoms with Gasteiger partial charge in [0, 0.05) is 16.6 Å². The maximum atomic E-state index is 10.3. The smallest absolute Gasteiger partial charge is 0.336 e. The van der Waals surface area contributed by atoms with E-state index in [4.69, 9.17) is 20.4 Å². The number of aliphatic hydroxyl groups is 1. The van der Waals surface area contributed by atoms with Crippen LogP contribution >= 0.6 is 0 Å². The minimum Gasteiger partial charge on any atom is -0.481 e. The number of hydrogen-bond donors (Lipinski definition) is 4. The Morgan fingerprint density at radius 2 is 0.885 bits per heavy atom. The highest BCUT2D eigenvalue weighted by atomic mass is 16.4. The molecule has 0 aromatic carbocycles. The predicted molar refractivity (Wildman–Crippen MR) is 98.2 cm³/mol. The Morgan fingerprint density at radius 3 is 0.962 bits per heavy atom. The summed E-state index contributed by atoms with van der Waals surface area (Å²) in [5.41, 5.74) is -2.08. The van der Waals surface area contributed by atoms with Crippen LogP contribution in [0.25, 0.3) is 0 Å². The average molecular weight is 377 g/mol. The molecule has 8 nitrogen and oxygen atoms in total. The van der Waals surface area contributed by atoms with Gasteiger partial charge >= 0.3 is 17.9 Å². The van der Waals surface area contributed by atoms with Crippen LogP contribution in [0.5, 0.6) is 0 Å². The molecule has 0 radical (unpaired) electrons. The molecule has 26 heavy (non-hydrogen) atoms. The molecule has 0 aromatic rings. The van der Waals surface area contributed by atoms with Crippen LogP contribution in [0, 0.1) is 0 Å². The number of nitrogens with zero attached hydrogens (tertiary/aromatic N) is 1. The van der Waals surface area contributed by atoms with Crippen LogP contribution in [0.4, 0.5) is 0 Å². The molecule has 154 valence electrons. The summed E-state index contributed by atoms with van der Waals surface area (Å²) in [5.74, 6) is -5.02. The second kappa shape index (κ2) is 8.81. The Labute approximate surface area is 155 Å². The van der Waals surface area contributed by atoms with Crippen LogP contribution in [0.1, 0.15) is 75.2 Å². The van der Waals surface area contributed by atoms with E-state index in [9.17, 15) is 14.4 Å². The van der Waals surface area contributed by atoms with Crippen molar-refractivity contribution in [2.45, 2.75) is 97.4 Å². The molecule has 0 aliphatic carbocycles. The van der Waals surface area contributed by atoms with E-state index >= 15 is 0 Å². The van der Waals surface area contributed by atoms with Gasteiger partial charge in [-0.3, -0.25) is 14.5 Å². The van der Waals surface area contributed by atoms with E-state index in [2.05, 4.69) is 67.2 Å². The van der Waals surface area contributed by atoms with Crippen molar-refractivity contribution in [3.8, 4) is 0 Å². The Bertz CT molecular complexity index is 458. The zero-order valence-corrected chi connectivity index (χ0v) is 17.4. The Morgan fingerprint density at radius 1 is 0.654 bits per heavy atom. The minimum atomic E-state index is -2.74. The molecule has 0 heterocycles. The number of carboxylic acids is 3. The van der Waals surface area contributed by atoms with Crippen LogP contribution in [-0.2, 0) is 14.4 Å². The molecule has 0 fully saturated rings. The van der Waals surface area contributed by atoms with Gasteiger partial charge in [-0.15, -0.1) is 0 Å². The fourth-order valence-corrected chi connectivity index (χ4v) is 3.73. The third kappa shape index (κ3) is 9.72. The number of carbonyl (C=O) groups is 3. The zero-order chi connectivity index (χ0) is 21.7. The molecule has 8 heteroatoms. The molecule has 0 saturated heterocycles. The van der Waals surface area contributed by atoms with Crippen LogP contribution in [0.15, 0.2) is 0 Å². The van der Waals surface area contributed by atoms with Gasteiger partial charge in [-0.2, -0.15) is 0 Å². The first kappa shape index (κ1) is 26.6. The van der Waals surface area contributed by atoms with Crippen LogP contribution < -0.4 is 0 Å². The highest BCUT2D eigenvalue weighted by molar-refractivity contribution is 5.88. The summed E-state index contributed by atoms with van der Waals surface area (Å²) in [6.45, 7) is 20.5. The summed E-state index contributed by atoms with van der Waals surface area (Å²) in [5, 5.41) is 33.8. The van der Waals surface area contributed by atoms with E-state index in [1.165, 1.54) is 0 Å². The van der Waals surface area contributed by atoms with Crippen LogP contribution in [-0.4, -0.2) is 65.5 Å². The van der Waals surface area contributed by atoms with Gasteiger partial charge in [0.2, 0.25) is 0 Å². The van der Waals surface area contributed by atoms with Crippen LogP contribution in [0.2, 0.25) is 0 Å². The minimum absolute atomic E-state index is 0.219. The molecule has 0 saturated carbocycles. The molecule has 0 aliphatic heterocycles. The standard InChI is InChI=1S/C12H27N.C6H8O7/c1-10(2,3)13(11(4,5)6)12(7,8)9;7-3(8)1-6(13,5(11)12)2-4(9)10/h1-9H3;13H,1-2H2,(H,7,8)(H,9,10)(H,11,12). The molecule has 0 rings (SSSR count). The quantitative estimate of drug-likeness (QED) is 0.573. The lowest BCUT2D eigenvalue weighted by molar-refractivity contribution is -0.170. The summed E-state index contributed by atoms with van der Waals surface area (Å²) >= 11 is 0. The Balaban J connectivity index is 0. The van der Waals surface area contributed by atoms with Gasteiger partial charge in [0.05, 0.1) is 12.8 Å². The second-order valence-electron chi connectivity index (χ2n) is 9.33. The highest BCUT2D eigenvalue weighted by Crippen LogP contribution is 2.32. The first-order valence-corrected chi connectivity index (χ1v) is 8.34. The molecule has 4 N–H and O–H groups in total. The van der Waals surface area contributed by atoms with Gasteiger partial charge in [-0.05, 0) is 62.3 Å². The Kier molecular flexibility index (Phi) is 9.00. The van der Waals surface area contributed by atoms with Gasteiger partial charge in [0.25, 0.3) is 0 Å². The number of aliphatic carboxylic acids is 3. The van der Waals surface area contributed by atoms with Gasteiger partial charge < -0.3 is 20.4 Å². The zero-order valence-electron chi connectivity index (χ0n) is 17.4. The van der Waals surface area contributed by atoms with E-state index in [0.717, 1.165) is 0 Å². The summed E-state index contributed by atoms with van der Waals surface area (Å²) in [6.07, 6.45) is -2.29. The van der Waals surface area contributed by atoms with Gasteiger partial charge in [-0.1, -0.05) is 0 Å². The van der Waals surface area contributed by atoms with E-state index in [0.29, 0.717) is 0 Å². The number of rotatable bonds is 5. The van der Waals surface area contributed by atoms with Crippen molar-refractivity contribution in [2.75, 3.05) is 0 Å². The van der Waals surface area contributed by atoms with E-state index in [-0.39, 0.29) is 16.6 Å². The van der Waals surface area contributed by atoms with E-state index in [1.54, 1.807) is 0 Å².